The summed E-state index contributed by atoms with van der Waals surface area (Å²) in [6, 6.07) is 7.77. The first kappa shape index (κ1) is 13.4. The maximum atomic E-state index is 12.1. The Kier molecular flexibility index (Phi) is 3.64. The number of rotatable bonds is 4. The second kappa shape index (κ2) is 4.90. The number of alkyl halides is 3. The van der Waals surface area contributed by atoms with Crippen LogP contribution < -0.4 is 5.32 Å². The number of benzene rings is 1. The van der Waals surface area contributed by atoms with Gasteiger partial charge in [0.1, 0.15) is 6.61 Å². The van der Waals surface area contributed by atoms with E-state index >= 15 is 0 Å². The van der Waals surface area contributed by atoms with Gasteiger partial charge in [0.05, 0.1) is 6.61 Å². The van der Waals surface area contributed by atoms with Gasteiger partial charge in [-0.25, -0.2) is 0 Å². The minimum Gasteiger partial charge on any atom is -0.371 e. The van der Waals surface area contributed by atoms with Gasteiger partial charge in [-0.1, -0.05) is 24.3 Å². The minimum absolute atomic E-state index is 0.102. The minimum atomic E-state index is -4.26. The highest BCUT2D eigenvalue weighted by Gasteiger charge is 2.41. The van der Waals surface area contributed by atoms with Crippen molar-refractivity contribution in [1.29, 1.82) is 0 Å². The van der Waals surface area contributed by atoms with E-state index in [0.717, 1.165) is 11.1 Å². The highest BCUT2D eigenvalue weighted by atomic mass is 19.4. The molecule has 1 aromatic carbocycles. The number of hydrogen-bond acceptors (Lipinski definition) is 2. The zero-order valence-corrected chi connectivity index (χ0v) is 10.2. The molecule has 2 nitrogen and oxygen atoms in total. The van der Waals surface area contributed by atoms with Crippen LogP contribution >= 0.6 is 0 Å². The van der Waals surface area contributed by atoms with Crippen molar-refractivity contribution in [2.75, 3.05) is 26.3 Å². The van der Waals surface area contributed by atoms with Crippen LogP contribution in [0.15, 0.2) is 24.3 Å². The van der Waals surface area contributed by atoms with Crippen molar-refractivity contribution < 1.29 is 17.9 Å². The summed E-state index contributed by atoms with van der Waals surface area (Å²) in [5, 5.41) is 3.11. The van der Waals surface area contributed by atoms with Crippen molar-refractivity contribution in [3.8, 4) is 0 Å². The molecule has 1 N–H and O–H groups in total. The van der Waals surface area contributed by atoms with Gasteiger partial charge in [0, 0.05) is 18.5 Å². The fourth-order valence-electron chi connectivity index (χ4n) is 2.33. The molecule has 1 fully saturated rings. The van der Waals surface area contributed by atoms with Crippen LogP contribution in [0.2, 0.25) is 0 Å². The summed E-state index contributed by atoms with van der Waals surface area (Å²) in [6.07, 6.45) is -4.26. The lowest BCUT2D eigenvalue weighted by Crippen LogP contribution is -2.60. The number of hydrogen-bond donors (Lipinski definition) is 1. The molecule has 5 heteroatoms. The van der Waals surface area contributed by atoms with Crippen LogP contribution in [-0.4, -0.2) is 32.5 Å². The molecule has 2 rings (SSSR count). The average molecular weight is 259 g/mol. The van der Waals surface area contributed by atoms with Crippen LogP contribution in [0.4, 0.5) is 13.2 Å². The van der Waals surface area contributed by atoms with E-state index in [0.29, 0.717) is 13.1 Å². The topological polar surface area (TPSA) is 21.3 Å². The molecule has 0 aliphatic carbocycles. The Morgan fingerprint density at radius 3 is 2.44 bits per heavy atom. The van der Waals surface area contributed by atoms with Gasteiger partial charge in [-0.3, -0.25) is 0 Å². The normalized spacial score (nSPS) is 18.4. The van der Waals surface area contributed by atoms with E-state index in [4.69, 9.17) is 4.74 Å². The van der Waals surface area contributed by atoms with E-state index in [1.807, 2.05) is 31.2 Å². The molecule has 0 unspecified atom stereocenters. The van der Waals surface area contributed by atoms with Crippen molar-refractivity contribution in [3.05, 3.63) is 35.4 Å². The molecule has 0 spiro atoms. The van der Waals surface area contributed by atoms with Crippen LogP contribution in [0.3, 0.4) is 0 Å². The predicted octanol–water partition coefficient (Wildman–Crippen LogP) is 2.41. The van der Waals surface area contributed by atoms with E-state index in [9.17, 15) is 13.2 Å². The number of ether oxygens (including phenoxy) is 1. The highest BCUT2D eigenvalue weighted by molar-refractivity contribution is 5.36. The maximum absolute atomic E-state index is 12.1. The van der Waals surface area contributed by atoms with Crippen LogP contribution in [0.1, 0.15) is 11.1 Å². The first-order valence-electron chi connectivity index (χ1n) is 5.84. The lowest BCUT2D eigenvalue weighted by atomic mass is 9.74. The third kappa shape index (κ3) is 2.84. The molecule has 18 heavy (non-hydrogen) atoms. The molecule has 0 atom stereocenters. The summed E-state index contributed by atoms with van der Waals surface area (Å²) in [5.74, 6) is 0. The molecule has 1 aromatic rings. The summed E-state index contributed by atoms with van der Waals surface area (Å²) < 4.78 is 41.1. The Hall–Kier alpha value is -1.07. The highest BCUT2D eigenvalue weighted by Crippen LogP contribution is 2.31. The maximum Gasteiger partial charge on any atom is 0.411 e. The number of nitrogens with one attached hydrogen (secondary N) is 1. The molecule has 100 valence electrons. The lowest BCUT2D eigenvalue weighted by molar-refractivity contribution is -0.179. The standard InChI is InChI=1S/C13H16F3NO/c1-10-4-2-3-5-11(10)12(6-17-7-12)8-18-9-13(14,15)16/h2-5,17H,6-9H2,1H3. The Morgan fingerprint density at radius 2 is 1.94 bits per heavy atom. The average Bonchev–Trinajstić information content (AvgIpc) is 2.22. The van der Waals surface area contributed by atoms with Crippen LogP contribution in [0.25, 0.3) is 0 Å². The van der Waals surface area contributed by atoms with E-state index < -0.39 is 12.8 Å². The first-order valence-corrected chi connectivity index (χ1v) is 5.84. The second-order valence-electron chi connectivity index (χ2n) is 4.81. The Labute approximate surface area is 104 Å². The van der Waals surface area contributed by atoms with Gasteiger partial charge < -0.3 is 10.1 Å². The first-order chi connectivity index (χ1) is 8.43. The Bertz CT molecular complexity index is 413. The van der Waals surface area contributed by atoms with Crippen molar-refractivity contribution in [2.45, 2.75) is 18.5 Å². The summed E-state index contributed by atoms with van der Waals surface area (Å²) >= 11 is 0. The van der Waals surface area contributed by atoms with E-state index in [1.165, 1.54) is 0 Å². The summed E-state index contributed by atoms with van der Waals surface area (Å²) in [7, 11) is 0. The molecule has 0 radical (unpaired) electrons. The quantitative estimate of drug-likeness (QED) is 0.896. The summed E-state index contributed by atoms with van der Waals surface area (Å²) in [6.45, 7) is 2.22. The predicted molar refractivity (Wildman–Crippen MR) is 62.6 cm³/mol. The van der Waals surface area contributed by atoms with Gasteiger partial charge in [-0.05, 0) is 18.1 Å². The lowest BCUT2D eigenvalue weighted by Gasteiger charge is -2.43. The van der Waals surface area contributed by atoms with E-state index in [-0.39, 0.29) is 12.0 Å². The number of halogens is 3. The molecule has 1 aliphatic heterocycles. The van der Waals surface area contributed by atoms with Gasteiger partial charge >= 0.3 is 6.18 Å². The molecule has 0 saturated carbocycles. The van der Waals surface area contributed by atoms with E-state index in [1.54, 1.807) is 0 Å². The van der Waals surface area contributed by atoms with E-state index in [2.05, 4.69) is 5.32 Å². The van der Waals surface area contributed by atoms with Gasteiger partial charge in [0.2, 0.25) is 0 Å². The molecular weight excluding hydrogens is 243 g/mol. The van der Waals surface area contributed by atoms with Crippen molar-refractivity contribution in [3.63, 3.8) is 0 Å². The van der Waals surface area contributed by atoms with Crippen LogP contribution in [0.5, 0.6) is 0 Å². The molecule has 0 aromatic heterocycles. The largest absolute Gasteiger partial charge is 0.411 e. The molecule has 0 amide bonds. The third-order valence-electron chi connectivity index (χ3n) is 3.29. The SMILES string of the molecule is Cc1ccccc1C1(COCC(F)(F)F)CNC1. The summed E-state index contributed by atoms with van der Waals surface area (Å²) in [5.41, 5.74) is 1.86. The van der Waals surface area contributed by atoms with Gasteiger partial charge in [-0.2, -0.15) is 13.2 Å². The number of aryl methyl sites for hydroxylation is 1. The van der Waals surface area contributed by atoms with Crippen LogP contribution in [0, 0.1) is 6.92 Å². The van der Waals surface area contributed by atoms with Crippen LogP contribution in [-0.2, 0) is 10.2 Å². The second-order valence-corrected chi connectivity index (χ2v) is 4.81. The Balaban J connectivity index is 2.05. The summed E-state index contributed by atoms with van der Waals surface area (Å²) in [4.78, 5) is 0. The third-order valence-corrected chi connectivity index (χ3v) is 3.29. The zero-order valence-electron chi connectivity index (χ0n) is 10.2. The fourth-order valence-corrected chi connectivity index (χ4v) is 2.33. The smallest absolute Gasteiger partial charge is 0.371 e. The van der Waals surface area contributed by atoms with Gasteiger partial charge in [0.25, 0.3) is 0 Å². The molecule has 1 heterocycles. The van der Waals surface area contributed by atoms with Crippen molar-refractivity contribution in [1.82, 2.24) is 5.32 Å². The van der Waals surface area contributed by atoms with Crippen molar-refractivity contribution >= 4 is 0 Å². The van der Waals surface area contributed by atoms with Crippen molar-refractivity contribution in [2.24, 2.45) is 0 Å². The van der Waals surface area contributed by atoms with Gasteiger partial charge in [0.15, 0.2) is 0 Å². The van der Waals surface area contributed by atoms with Gasteiger partial charge in [-0.15, -0.1) is 0 Å². The zero-order chi connectivity index (χ0) is 13.2. The molecule has 1 aliphatic rings. The monoisotopic (exact) mass is 259 g/mol. The molecule has 1 saturated heterocycles. The fraction of sp³-hybridized carbons (Fsp3) is 0.538. The molecular formula is C13H16F3NO. The Morgan fingerprint density at radius 1 is 1.28 bits per heavy atom. The molecule has 0 bridgehead atoms.